The summed E-state index contributed by atoms with van der Waals surface area (Å²) >= 11 is 0. The van der Waals surface area contributed by atoms with Crippen LogP contribution in [0.4, 0.5) is 0 Å². The number of rotatable bonds is 8. The number of nitrogens with zero attached hydrogens (tertiary/aromatic N) is 3. The van der Waals surface area contributed by atoms with Gasteiger partial charge in [-0.3, -0.25) is 9.80 Å². The fourth-order valence-electron chi connectivity index (χ4n) is 5.13. The fourth-order valence-corrected chi connectivity index (χ4v) is 5.13. The maximum Gasteiger partial charge on any atom is 0.253 e. The van der Waals surface area contributed by atoms with E-state index < -0.39 is 11.5 Å². The van der Waals surface area contributed by atoms with Crippen LogP contribution >= 0.6 is 0 Å². The number of hydrogen-bond acceptors (Lipinski definition) is 7. The number of carbonyl (C=O) groups excluding carboxylic acids is 2. The smallest absolute Gasteiger partial charge is 0.253 e. The predicted molar refractivity (Wildman–Crippen MR) is 138 cm³/mol. The van der Waals surface area contributed by atoms with Crippen molar-refractivity contribution >= 4 is 17.9 Å². The molecule has 2 aromatic carbocycles. The highest BCUT2D eigenvalue weighted by molar-refractivity contribution is 6.07. The highest BCUT2D eigenvalue weighted by Gasteiger charge is 2.47. The van der Waals surface area contributed by atoms with Crippen LogP contribution in [0.5, 0.6) is 17.2 Å². The van der Waals surface area contributed by atoms with E-state index in [0.29, 0.717) is 42.5 Å². The van der Waals surface area contributed by atoms with Crippen molar-refractivity contribution in [3.63, 3.8) is 0 Å². The van der Waals surface area contributed by atoms with Crippen molar-refractivity contribution in [1.82, 2.24) is 9.91 Å². The van der Waals surface area contributed by atoms with E-state index in [-0.39, 0.29) is 11.9 Å². The number of amides is 1. The monoisotopic (exact) mass is 493 g/mol. The standard InChI is InChI=1S/C28H35N3O5/c1-6-36-22-9-7-8-20(16-22)27(33)30-14-12-21(13-15-30)31-25(18-32)28(2,3)26(29-31)19-10-11-23(34-4)24(17-19)35-5/h7-11,16-18,21,25H,6,12-15H2,1-5H3. The lowest BCUT2D eigenvalue weighted by Gasteiger charge is -2.39. The summed E-state index contributed by atoms with van der Waals surface area (Å²) in [5.41, 5.74) is 1.87. The lowest BCUT2D eigenvalue weighted by molar-refractivity contribution is -0.115. The fraction of sp³-hybridized carbons (Fsp3) is 0.464. The van der Waals surface area contributed by atoms with Gasteiger partial charge in [-0.2, -0.15) is 5.10 Å². The Bertz CT molecular complexity index is 1140. The van der Waals surface area contributed by atoms with Crippen LogP contribution in [0.1, 0.15) is 49.5 Å². The number of ether oxygens (including phenoxy) is 3. The van der Waals surface area contributed by atoms with Crippen LogP contribution in [-0.4, -0.2) is 73.8 Å². The minimum atomic E-state index is -0.492. The van der Waals surface area contributed by atoms with Crippen LogP contribution in [0.2, 0.25) is 0 Å². The molecule has 36 heavy (non-hydrogen) atoms. The molecule has 2 heterocycles. The van der Waals surface area contributed by atoms with Gasteiger partial charge < -0.3 is 23.9 Å². The maximum atomic E-state index is 13.1. The summed E-state index contributed by atoms with van der Waals surface area (Å²) < 4.78 is 16.4. The summed E-state index contributed by atoms with van der Waals surface area (Å²) in [4.78, 5) is 27.3. The number of hydrazone groups is 1. The summed E-state index contributed by atoms with van der Waals surface area (Å²) in [5, 5.41) is 6.94. The minimum absolute atomic E-state index is 0.00166. The summed E-state index contributed by atoms with van der Waals surface area (Å²) in [6, 6.07) is 12.7. The largest absolute Gasteiger partial charge is 0.494 e. The Morgan fingerprint density at radius 1 is 1.08 bits per heavy atom. The van der Waals surface area contributed by atoms with Gasteiger partial charge in [-0.1, -0.05) is 19.9 Å². The molecule has 0 aliphatic carbocycles. The van der Waals surface area contributed by atoms with E-state index in [4.69, 9.17) is 19.3 Å². The topological polar surface area (TPSA) is 80.7 Å². The molecule has 0 aromatic heterocycles. The minimum Gasteiger partial charge on any atom is -0.494 e. The number of piperidine rings is 1. The SMILES string of the molecule is CCOc1cccc(C(=O)N2CCC(N3N=C(c4ccc(OC)c(OC)c4)C(C)(C)C3C=O)CC2)c1. The highest BCUT2D eigenvalue weighted by Crippen LogP contribution is 2.40. The van der Waals surface area contributed by atoms with Gasteiger partial charge in [0.15, 0.2) is 11.5 Å². The van der Waals surface area contributed by atoms with E-state index in [1.807, 2.05) is 67.1 Å². The number of aldehydes is 1. The molecule has 0 saturated carbocycles. The van der Waals surface area contributed by atoms with Gasteiger partial charge in [-0.05, 0) is 56.2 Å². The van der Waals surface area contributed by atoms with Gasteiger partial charge in [0, 0.05) is 29.6 Å². The Labute approximate surface area is 212 Å². The third-order valence-corrected chi connectivity index (χ3v) is 7.15. The maximum absolute atomic E-state index is 13.1. The normalized spacial score (nSPS) is 19.6. The van der Waals surface area contributed by atoms with E-state index in [2.05, 4.69) is 0 Å². The van der Waals surface area contributed by atoms with Crippen LogP contribution in [0.3, 0.4) is 0 Å². The molecule has 2 aromatic rings. The second kappa shape index (κ2) is 10.6. The molecule has 2 aliphatic heterocycles. The lowest BCUT2D eigenvalue weighted by Crippen LogP contribution is -2.50. The summed E-state index contributed by atoms with van der Waals surface area (Å²) in [6.07, 6.45) is 2.47. The number of benzene rings is 2. The third kappa shape index (κ3) is 4.76. The van der Waals surface area contributed by atoms with E-state index in [0.717, 1.165) is 30.4 Å². The second-order valence-corrected chi connectivity index (χ2v) is 9.69. The zero-order chi connectivity index (χ0) is 25.9. The van der Waals surface area contributed by atoms with E-state index in [9.17, 15) is 9.59 Å². The molecule has 192 valence electrons. The summed E-state index contributed by atoms with van der Waals surface area (Å²) in [5.74, 6) is 1.96. The molecule has 1 saturated heterocycles. The zero-order valence-electron chi connectivity index (χ0n) is 21.7. The molecular formula is C28H35N3O5. The lowest BCUT2D eigenvalue weighted by atomic mass is 9.78. The van der Waals surface area contributed by atoms with Crippen molar-refractivity contribution in [2.45, 2.75) is 45.7 Å². The van der Waals surface area contributed by atoms with Crippen molar-refractivity contribution in [2.24, 2.45) is 10.5 Å². The first kappa shape index (κ1) is 25.5. The van der Waals surface area contributed by atoms with Crippen LogP contribution in [0.15, 0.2) is 47.6 Å². The van der Waals surface area contributed by atoms with Crippen molar-refractivity contribution in [3.8, 4) is 17.2 Å². The Morgan fingerprint density at radius 2 is 1.81 bits per heavy atom. The molecule has 8 nitrogen and oxygen atoms in total. The summed E-state index contributed by atoms with van der Waals surface area (Å²) in [7, 11) is 3.21. The highest BCUT2D eigenvalue weighted by atomic mass is 16.5. The molecule has 0 radical (unpaired) electrons. The van der Waals surface area contributed by atoms with Crippen LogP contribution in [0.25, 0.3) is 0 Å². The molecule has 1 atom stereocenters. The molecule has 4 rings (SSSR count). The average molecular weight is 494 g/mol. The Kier molecular flexibility index (Phi) is 7.52. The average Bonchev–Trinajstić information content (AvgIpc) is 3.18. The Balaban J connectivity index is 1.51. The predicted octanol–water partition coefficient (Wildman–Crippen LogP) is 4.02. The first-order valence-corrected chi connectivity index (χ1v) is 12.4. The Morgan fingerprint density at radius 3 is 2.44 bits per heavy atom. The molecule has 1 fully saturated rings. The van der Waals surface area contributed by atoms with Crippen LogP contribution < -0.4 is 14.2 Å². The number of carbonyl (C=O) groups is 2. The molecule has 8 heteroatoms. The number of hydrogen-bond donors (Lipinski definition) is 0. The first-order chi connectivity index (χ1) is 17.3. The van der Waals surface area contributed by atoms with Gasteiger partial charge in [0.05, 0.1) is 32.6 Å². The van der Waals surface area contributed by atoms with Gasteiger partial charge in [0.25, 0.3) is 5.91 Å². The van der Waals surface area contributed by atoms with Crippen molar-refractivity contribution in [2.75, 3.05) is 33.9 Å². The van der Waals surface area contributed by atoms with Gasteiger partial charge in [0.1, 0.15) is 18.1 Å². The third-order valence-electron chi connectivity index (χ3n) is 7.15. The number of likely N-dealkylation sites (tertiary alicyclic amines) is 1. The quantitative estimate of drug-likeness (QED) is 0.517. The van der Waals surface area contributed by atoms with Gasteiger partial charge >= 0.3 is 0 Å². The summed E-state index contributed by atoms with van der Waals surface area (Å²) in [6.45, 7) is 7.78. The molecule has 2 aliphatic rings. The first-order valence-electron chi connectivity index (χ1n) is 12.4. The Hall–Kier alpha value is -3.55. The van der Waals surface area contributed by atoms with Crippen molar-refractivity contribution in [1.29, 1.82) is 0 Å². The van der Waals surface area contributed by atoms with Gasteiger partial charge in [0.2, 0.25) is 0 Å². The molecule has 0 N–H and O–H groups in total. The molecule has 0 bridgehead atoms. The van der Waals surface area contributed by atoms with Crippen LogP contribution in [0, 0.1) is 5.41 Å². The molecular weight excluding hydrogens is 458 g/mol. The zero-order valence-corrected chi connectivity index (χ0v) is 21.7. The molecule has 0 spiro atoms. The van der Waals surface area contributed by atoms with E-state index in [1.165, 1.54) is 0 Å². The number of methoxy groups -OCH3 is 2. The van der Waals surface area contributed by atoms with Crippen molar-refractivity contribution < 1.29 is 23.8 Å². The second-order valence-electron chi connectivity index (χ2n) is 9.69. The molecule has 1 amide bonds. The van der Waals surface area contributed by atoms with Crippen LogP contribution in [-0.2, 0) is 4.79 Å². The van der Waals surface area contributed by atoms with E-state index in [1.54, 1.807) is 20.3 Å². The van der Waals surface area contributed by atoms with Gasteiger partial charge in [-0.15, -0.1) is 0 Å². The van der Waals surface area contributed by atoms with Gasteiger partial charge in [-0.25, -0.2) is 0 Å². The van der Waals surface area contributed by atoms with Crippen molar-refractivity contribution in [3.05, 3.63) is 53.6 Å². The molecule has 1 unspecified atom stereocenters. The van der Waals surface area contributed by atoms with E-state index >= 15 is 0 Å².